The van der Waals surface area contributed by atoms with Crippen molar-refractivity contribution >= 4 is 80.1 Å². The molecule has 2 aliphatic heterocycles. The van der Waals surface area contributed by atoms with Gasteiger partial charge in [-0.05, 0) is 23.8 Å². The maximum atomic E-state index is 13.5. The molecule has 0 spiro atoms. The second-order valence-electron chi connectivity index (χ2n) is 8.19. The summed E-state index contributed by atoms with van der Waals surface area (Å²) < 4.78 is 28.3. The smallest absolute Gasteiger partial charge is 0.303 e. The first-order valence-electron chi connectivity index (χ1n) is 11.2. The van der Waals surface area contributed by atoms with Crippen LogP contribution in [0.4, 0.5) is 0 Å². The first kappa shape index (κ1) is 29.7. The van der Waals surface area contributed by atoms with Gasteiger partial charge in [-0.15, -0.1) is 0 Å². The summed E-state index contributed by atoms with van der Waals surface area (Å²) in [5.41, 5.74) is 0.732. The zero-order valence-corrected chi connectivity index (χ0v) is 23.9. The van der Waals surface area contributed by atoms with E-state index in [2.05, 4.69) is 15.9 Å². The number of hydrogen-bond donors (Lipinski definition) is 0. The highest BCUT2D eigenvalue weighted by Gasteiger charge is 2.56. The molecule has 0 aromatic heterocycles. The van der Waals surface area contributed by atoms with E-state index in [-0.39, 0.29) is 9.23 Å². The van der Waals surface area contributed by atoms with E-state index >= 15 is 0 Å². The lowest BCUT2D eigenvalue weighted by Crippen LogP contribution is -2.66. The summed E-state index contributed by atoms with van der Waals surface area (Å²) in [6, 6.07) is 7.22. The van der Waals surface area contributed by atoms with Crippen molar-refractivity contribution in [1.29, 1.82) is 0 Å². The fourth-order valence-electron chi connectivity index (χ4n) is 3.82. The molecule has 0 bridgehead atoms. The van der Waals surface area contributed by atoms with Gasteiger partial charge in [0.25, 0.3) is 5.91 Å². The fraction of sp³-hybridized carbons (Fsp3) is 0.417. The Morgan fingerprint density at radius 2 is 1.50 bits per heavy atom. The van der Waals surface area contributed by atoms with Crippen molar-refractivity contribution in [2.45, 2.75) is 58.3 Å². The van der Waals surface area contributed by atoms with Gasteiger partial charge in [-0.1, -0.05) is 52.0 Å². The van der Waals surface area contributed by atoms with Crippen LogP contribution in [0.15, 0.2) is 33.6 Å². The minimum Gasteiger partial charge on any atom is -0.463 e. The Labute approximate surface area is 236 Å². The van der Waals surface area contributed by atoms with Crippen LogP contribution >= 0.6 is 39.9 Å². The summed E-state index contributed by atoms with van der Waals surface area (Å²) in [7, 11) is 0. The molecule has 0 N–H and O–H groups in total. The molecule has 1 amide bonds. The van der Waals surface area contributed by atoms with Gasteiger partial charge in [0.15, 0.2) is 28.9 Å². The molecule has 38 heavy (non-hydrogen) atoms. The Morgan fingerprint density at radius 1 is 0.947 bits per heavy atom. The number of amides is 1. The van der Waals surface area contributed by atoms with Crippen LogP contribution < -0.4 is 0 Å². The van der Waals surface area contributed by atoms with Crippen LogP contribution in [0.2, 0.25) is 0 Å². The average molecular weight is 630 g/mol. The standard InChI is InChI=1S/C24H24BrNO10S2/c1-11(27)32-10-17-19(33-12(2)28)20(34-13(3)29)21(35-14(4)30)23(36-17)26-22(31)18(38-24(26)37)9-15-5-7-16(25)8-6-15/h5-9,17,19-21,23H,10H2,1-4H3/b18-9-/t17-,19-,20-,21-,23+/m0/s1. The molecule has 2 heterocycles. The Morgan fingerprint density at radius 3 is 2.05 bits per heavy atom. The van der Waals surface area contributed by atoms with Crippen LogP contribution in [-0.4, -0.2) is 76.3 Å². The van der Waals surface area contributed by atoms with E-state index < -0.39 is 67.0 Å². The molecule has 2 aliphatic rings. The topological polar surface area (TPSA) is 135 Å². The van der Waals surface area contributed by atoms with Crippen LogP contribution in [0.1, 0.15) is 33.3 Å². The molecule has 2 saturated heterocycles. The van der Waals surface area contributed by atoms with E-state index in [4.69, 9.17) is 35.9 Å². The SMILES string of the molecule is CC(=O)OC[C@@H]1O[C@@H](N2C(=O)/C(=C/c3ccc(Br)cc3)SC2=S)[C@@H](OC(C)=O)[C@@H](OC(C)=O)[C@H]1OC(C)=O. The molecule has 11 nitrogen and oxygen atoms in total. The third-order valence-corrected chi connectivity index (χ3v) is 7.07. The fourth-order valence-corrected chi connectivity index (χ4v) is 5.40. The molecular formula is C24H24BrNO10S2. The van der Waals surface area contributed by atoms with Crippen LogP contribution in [0, 0.1) is 0 Å². The molecule has 3 rings (SSSR count). The maximum Gasteiger partial charge on any atom is 0.303 e. The summed E-state index contributed by atoms with van der Waals surface area (Å²) in [6.45, 7) is 4.10. The Kier molecular flexibility index (Phi) is 10.0. The predicted molar refractivity (Wildman–Crippen MR) is 141 cm³/mol. The zero-order chi connectivity index (χ0) is 28.1. The summed E-state index contributed by atoms with van der Waals surface area (Å²) in [5, 5.41) is 0. The number of benzene rings is 1. The predicted octanol–water partition coefficient (Wildman–Crippen LogP) is 2.73. The lowest BCUT2D eigenvalue weighted by atomic mass is 9.96. The van der Waals surface area contributed by atoms with Gasteiger partial charge in [0.05, 0.1) is 4.91 Å². The van der Waals surface area contributed by atoms with Crippen molar-refractivity contribution in [2.24, 2.45) is 0 Å². The summed E-state index contributed by atoms with van der Waals surface area (Å²) in [5.74, 6) is -3.52. The Hall–Kier alpha value is -2.81. The average Bonchev–Trinajstić information content (AvgIpc) is 3.08. The van der Waals surface area contributed by atoms with Crippen molar-refractivity contribution in [1.82, 2.24) is 4.90 Å². The second kappa shape index (κ2) is 12.8. The highest BCUT2D eigenvalue weighted by molar-refractivity contribution is 9.10. The number of nitrogens with zero attached hydrogens (tertiary/aromatic N) is 1. The quantitative estimate of drug-likeness (QED) is 0.190. The van der Waals surface area contributed by atoms with Crippen molar-refractivity contribution in [2.75, 3.05) is 6.61 Å². The first-order valence-corrected chi connectivity index (χ1v) is 13.2. The summed E-state index contributed by atoms with van der Waals surface area (Å²) in [4.78, 5) is 62.4. The molecule has 0 aliphatic carbocycles. The molecular weight excluding hydrogens is 606 g/mol. The van der Waals surface area contributed by atoms with Gasteiger partial charge in [0.2, 0.25) is 0 Å². The van der Waals surface area contributed by atoms with E-state index in [1.165, 1.54) is 6.92 Å². The van der Waals surface area contributed by atoms with Crippen LogP contribution in [0.3, 0.4) is 0 Å². The second-order valence-corrected chi connectivity index (χ2v) is 10.8. The van der Waals surface area contributed by atoms with Gasteiger partial charge in [-0.3, -0.25) is 28.9 Å². The first-order chi connectivity index (χ1) is 17.9. The van der Waals surface area contributed by atoms with E-state index in [1.54, 1.807) is 18.2 Å². The van der Waals surface area contributed by atoms with Gasteiger partial charge in [-0.2, -0.15) is 0 Å². The number of carbonyl (C=O) groups excluding carboxylic acids is 5. The molecule has 0 unspecified atom stereocenters. The summed E-state index contributed by atoms with van der Waals surface area (Å²) >= 11 is 9.83. The minimum atomic E-state index is -1.44. The molecule has 0 saturated carbocycles. The van der Waals surface area contributed by atoms with E-state index in [0.717, 1.165) is 47.5 Å². The molecule has 2 fully saturated rings. The van der Waals surface area contributed by atoms with Crippen molar-refractivity contribution in [3.8, 4) is 0 Å². The van der Waals surface area contributed by atoms with Gasteiger partial charge in [-0.25, -0.2) is 0 Å². The van der Waals surface area contributed by atoms with Crippen molar-refractivity contribution < 1.29 is 47.7 Å². The number of esters is 4. The molecule has 1 aromatic carbocycles. The number of thiocarbonyl (C=S) groups is 1. The zero-order valence-electron chi connectivity index (χ0n) is 20.7. The Balaban J connectivity index is 2.04. The minimum absolute atomic E-state index is 0.0826. The van der Waals surface area contributed by atoms with Crippen molar-refractivity contribution in [3.63, 3.8) is 0 Å². The molecule has 1 aromatic rings. The summed E-state index contributed by atoms with van der Waals surface area (Å²) in [6.07, 6.45) is -5.17. The maximum absolute atomic E-state index is 13.5. The van der Waals surface area contributed by atoms with E-state index in [1.807, 2.05) is 12.1 Å². The number of halogens is 1. The van der Waals surface area contributed by atoms with Crippen LogP contribution in [-0.2, 0) is 47.7 Å². The number of carbonyl (C=O) groups is 5. The van der Waals surface area contributed by atoms with Crippen LogP contribution in [0.5, 0.6) is 0 Å². The van der Waals surface area contributed by atoms with Crippen LogP contribution in [0.25, 0.3) is 6.08 Å². The number of ether oxygens (including phenoxy) is 5. The van der Waals surface area contributed by atoms with E-state index in [0.29, 0.717) is 0 Å². The number of thioether (sulfide) groups is 1. The lowest BCUT2D eigenvalue weighted by molar-refractivity contribution is -0.268. The Bertz CT molecular complexity index is 1170. The van der Waals surface area contributed by atoms with Gasteiger partial charge in [0.1, 0.15) is 12.7 Å². The molecule has 0 radical (unpaired) electrons. The highest BCUT2D eigenvalue weighted by Crippen LogP contribution is 2.39. The lowest BCUT2D eigenvalue weighted by Gasteiger charge is -2.46. The van der Waals surface area contributed by atoms with Gasteiger partial charge < -0.3 is 23.7 Å². The highest BCUT2D eigenvalue weighted by atomic mass is 79.9. The van der Waals surface area contributed by atoms with Gasteiger partial charge in [0, 0.05) is 32.2 Å². The molecule has 5 atom stereocenters. The monoisotopic (exact) mass is 629 g/mol. The van der Waals surface area contributed by atoms with Crippen molar-refractivity contribution in [3.05, 3.63) is 39.2 Å². The third kappa shape index (κ3) is 7.40. The molecule has 204 valence electrons. The normalized spacial score (nSPS) is 26.2. The van der Waals surface area contributed by atoms with E-state index in [9.17, 15) is 24.0 Å². The number of hydrogen-bond acceptors (Lipinski definition) is 12. The largest absolute Gasteiger partial charge is 0.463 e. The van der Waals surface area contributed by atoms with Gasteiger partial charge >= 0.3 is 23.9 Å². The molecule has 14 heteroatoms. The number of rotatable bonds is 7. The third-order valence-electron chi connectivity index (χ3n) is 5.21.